The minimum absolute atomic E-state index is 0.265. The Morgan fingerprint density at radius 1 is 1.69 bits per heavy atom. The number of rotatable bonds is 1. The third-order valence-electron chi connectivity index (χ3n) is 3.65. The number of thioether (sulfide) groups is 1. The Labute approximate surface area is 83.8 Å². The maximum atomic E-state index is 11.4. The van der Waals surface area contributed by atoms with E-state index in [1.54, 1.807) is 0 Å². The predicted molar refractivity (Wildman–Crippen MR) is 55.8 cm³/mol. The zero-order valence-corrected chi connectivity index (χ0v) is 9.12. The van der Waals surface area contributed by atoms with E-state index in [0.717, 1.165) is 12.8 Å². The Bertz CT molecular complexity index is 231. The normalized spacial score (nSPS) is 44.3. The Hall–Kier alpha value is -0.180. The van der Waals surface area contributed by atoms with Gasteiger partial charge in [-0.2, -0.15) is 11.8 Å². The van der Waals surface area contributed by atoms with Crippen molar-refractivity contribution < 1.29 is 4.79 Å². The summed E-state index contributed by atoms with van der Waals surface area (Å²) in [5.41, 5.74) is 0.288. The van der Waals surface area contributed by atoms with Gasteiger partial charge in [-0.15, -0.1) is 0 Å². The number of amides is 1. The molecule has 13 heavy (non-hydrogen) atoms. The summed E-state index contributed by atoms with van der Waals surface area (Å²) >= 11 is 2.01. The molecule has 2 rings (SSSR count). The van der Waals surface area contributed by atoms with E-state index >= 15 is 0 Å². The van der Waals surface area contributed by atoms with Crippen molar-refractivity contribution >= 4 is 17.7 Å². The quantitative estimate of drug-likeness (QED) is 0.696. The minimum atomic E-state index is 0.265. The molecule has 0 aliphatic carbocycles. The highest BCUT2D eigenvalue weighted by atomic mass is 32.2. The molecular weight excluding hydrogens is 182 g/mol. The van der Waals surface area contributed by atoms with E-state index < -0.39 is 0 Å². The minimum Gasteiger partial charge on any atom is -0.353 e. The number of hydrogen-bond donors (Lipinski definition) is 1. The Balaban J connectivity index is 2.24. The second-order valence-electron chi connectivity index (χ2n) is 4.35. The smallest absolute Gasteiger partial charge is 0.220 e. The van der Waals surface area contributed by atoms with Crippen molar-refractivity contribution in [1.29, 1.82) is 0 Å². The molecule has 3 heteroatoms. The van der Waals surface area contributed by atoms with Crippen LogP contribution < -0.4 is 5.32 Å². The van der Waals surface area contributed by atoms with E-state index in [-0.39, 0.29) is 11.3 Å². The van der Waals surface area contributed by atoms with Crippen LogP contribution in [-0.2, 0) is 4.79 Å². The maximum absolute atomic E-state index is 11.4. The predicted octanol–water partition coefficient (Wildman–Crippen LogP) is 1.65. The molecule has 3 unspecified atom stereocenters. The van der Waals surface area contributed by atoms with Gasteiger partial charge in [-0.25, -0.2) is 0 Å². The second kappa shape index (κ2) is 3.19. The molecule has 0 aromatic rings. The first-order valence-corrected chi connectivity index (χ1v) is 6.21. The highest BCUT2D eigenvalue weighted by molar-refractivity contribution is 7.99. The SMILES string of the molecule is CCC1NC(=O)CC12CSCC2C. The number of carbonyl (C=O) groups excluding carboxylic acids is 1. The average molecular weight is 199 g/mol. The lowest BCUT2D eigenvalue weighted by Gasteiger charge is -2.32. The van der Waals surface area contributed by atoms with Crippen molar-refractivity contribution in [1.82, 2.24) is 5.32 Å². The summed E-state index contributed by atoms with van der Waals surface area (Å²) in [6.07, 6.45) is 1.84. The second-order valence-corrected chi connectivity index (χ2v) is 5.38. The van der Waals surface area contributed by atoms with Crippen molar-refractivity contribution in [2.45, 2.75) is 32.7 Å². The molecule has 2 heterocycles. The summed E-state index contributed by atoms with van der Waals surface area (Å²) in [4.78, 5) is 11.4. The van der Waals surface area contributed by atoms with Crippen LogP contribution in [-0.4, -0.2) is 23.5 Å². The van der Waals surface area contributed by atoms with Crippen molar-refractivity contribution in [2.24, 2.45) is 11.3 Å². The van der Waals surface area contributed by atoms with Crippen LogP contribution >= 0.6 is 11.8 Å². The van der Waals surface area contributed by atoms with Gasteiger partial charge in [-0.3, -0.25) is 4.79 Å². The molecule has 1 amide bonds. The molecule has 0 saturated carbocycles. The van der Waals surface area contributed by atoms with Crippen molar-refractivity contribution in [3.05, 3.63) is 0 Å². The fourth-order valence-electron chi connectivity index (χ4n) is 2.72. The first kappa shape index (κ1) is 9.38. The van der Waals surface area contributed by atoms with Crippen molar-refractivity contribution in [2.75, 3.05) is 11.5 Å². The third-order valence-corrected chi connectivity index (χ3v) is 5.12. The van der Waals surface area contributed by atoms with Gasteiger partial charge in [-0.1, -0.05) is 13.8 Å². The molecule has 0 radical (unpaired) electrons. The lowest BCUT2D eigenvalue weighted by molar-refractivity contribution is -0.119. The number of hydrogen-bond acceptors (Lipinski definition) is 2. The van der Waals surface area contributed by atoms with Gasteiger partial charge in [-0.05, 0) is 18.1 Å². The van der Waals surface area contributed by atoms with Crippen LogP contribution in [0.5, 0.6) is 0 Å². The summed E-state index contributed by atoms with van der Waals surface area (Å²) in [7, 11) is 0. The zero-order chi connectivity index (χ0) is 9.47. The van der Waals surface area contributed by atoms with Crippen LogP contribution in [0.15, 0.2) is 0 Å². The zero-order valence-electron chi connectivity index (χ0n) is 8.30. The topological polar surface area (TPSA) is 29.1 Å². The maximum Gasteiger partial charge on any atom is 0.220 e. The summed E-state index contributed by atoms with van der Waals surface area (Å²) in [5.74, 6) is 3.36. The van der Waals surface area contributed by atoms with Crippen LogP contribution in [0.2, 0.25) is 0 Å². The molecular formula is C10H17NOS. The van der Waals surface area contributed by atoms with Gasteiger partial charge < -0.3 is 5.32 Å². The van der Waals surface area contributed by atoms with Crippen LogP contribution in [0.1, 0.15) is 26.7 Å². The lowest BCUT2D eigenvalue weighted by Crippen LogP contribution is -2.40. The molecule has 0 aromatic heterocycles. The van der Waals surface area contributed by atoms with Crippen LogP contribution in [0.25, 0.3) is 0 Å². The Kier molecular flexibility index (Phi) is 2.30. The van der Waals surface area contributed by atoms with E-state index in [0.29, 0.717) is 12.0 Å². The molecule has 2 saturated heterocycles. The van der Waals surface area contributed by atoms with Gasteiger partial charge in [0.15, 0.2) is 0 Å². The van der Waals surface area contributed by atoms with Crippen molar-refractivity contribution in [3.63, 3.8) is 0 Å². The van der Waals surface area contributed by atoms with Crippen LogP contribution in [0, 0.1) is 11.3 Å². The molecule has 2 aliphatic rings. The van der Waals surface area contributed by atoms with Crippen LogP contribution in [0.4, 0.5) is 0 Å². The third kappa shape index (κ3) is 1.28. The van der Waals surface area contributed by atoms with Gasteiger partial charge in [0, 0.05) is 23.6 Å². The highest BCUT2D eigenvalue weighted by Crippen LogP contribution is 2.49. The van der Waals surface area contributed by atoms with Gasteiger partial charge >= 0.3 is 0 Å². The van der Waals surface area contributed by atoms with Gasteiger partial charge in [0.25, 0.3) is 0 Å². The number of carbonyl (C=O) groups is 1. The fourth-order valence-corrected chi connectivity index (χ4v) is 4.49. The molecule has 74 valence electrons. The van der Waals surface area contributed by atoms with Crippen LogP contribution in [0.3, 0.4) is 0 Å². The summed E-state index contributed by atoms with van der Waals surface area (Å²) in [6.45, 7) is 4.47. The monoisotopic (exact) mass is 199 g/mol. The summed E-state index contributed by atoms with van der Waals surface area (Å²) in [6, 6.07) is 0.435. The molecule has 1 N–H and O–H groups in total. The van der Waals surface area contributed by atoms with E-state index in [1.165, 1.54) is 11.5 Å². The first-order valence-electron chi connectivity index (χ1n) is 5.06. The van der Waals surface area contributed by atoms with Gasteiger partial charge in [0.05, 0.1) is 0 Å². The Morgan fingerprint density at radius 3 is 3.00 bits per heavy atom. The van der Waals surface area contributed by atoms with E-state index in [1.807, 2.05) is 11.8 Å². The molecule has 3 atom stereocenters. The lowest BCUT2D eigenvalue weighted by atomic mass is 9.72. The summed E-state index contributed by atoms with van der Waals surface area (Å²) in [5, 5.41) is 3.11. The van der Waals surface area contributed by atoms with E-state index in [9.17, 15) is 4.79 Å². The Morgan fingerprint density at radius 2 is 2.46 bits per heavy atom. The standard InChI is InChI=1S/C10H17NOS/c1-3-8-10(4-9(12)11-8)6-13-5-7(10)2/h7-8H,3-6H2,1-2H3,(H,11,12). The highest BCUT2D eigenvalue weighted by Gasteiger charge is 2.51. The largest absolute Gasteiger partial charge is 0.353 e. The first-order chi connectivity index (χ1) is 6.19. The summed E-state index contributed by atoms with van der Waals surface area (Å²) < 4.78 is 0. The molecule has 2 aliphatic heterocycles. The molecule has 2 nitrogen and oxygen atoms in total. The molecule has 1 spiro atoms. The van der Waals surface area contributed by atoms with E-state index in [2.05, 4.69) is 19.2 Å². The number of nitrogens with one attached hydrogen (secondary N) is 1. The average Bonchev–Trinajstić information content (AvgIpc) is 2.59. The van der Waals surface area contributed by atoms with Gasteiger partial charge in [0.1, 0.15) is 0 Å². The molecule has 0 bridgehead atoms. The molecule has 0 aromatic carbocycles. The van der Waals surface area contributed by atoms with E-state index in [4.69, 9.17) is 0 Å². The molecule has 2 fully saturated rings. The fraction of sp³-hybridized carbons (Fsp3) is 0.900. The van der Waals surface area contributed by atoms with Gasteiger partial charge in [0.2, 0.25) is 5.91 Å². The van der Waals surface area contributed by atoms with Crippen molar-refractivity contribution in [3.8, 4) is 0 Å².